The van der Waals surface area contributed by atoms with Crippen LogP contribution in [0.5, 0.6) is 5.75 Å². The summed E-state index contributed by atoms with van der Waals surface area (Å²) in [4.78, 5) is 12.1. The summed E-state index contributed by atoms with van der Waals surface area (Å²) >= 11 is 0. The molecule has 0 saturated heterocycles. The van der Waals surface area contributed by atoms with Crippen molar-refractivity contribution in [2.75, 3.05) is 13.0 Å². The van der Waals surface area contributed by atoms with E-state index in [2.05, 4.69) is 0 Å². The van der Waals surface area contributed by atoms with Crippen LogP contribution in [0.3, 0.4) is 0 Å². The van der Waals surface area contributed by atoms with Crippen molar-refractivity contribution in [3.63, 3.8) is 0 Å². The molecule has 0 saturated carbocycles. The predicted molar refractivity (Wildman–Crippen MR) is 112 cm³/mol. The number of methoxy groups -OCH3 is 1. The summed E-state index contributed by atoms with van der Waals surface area (Å²) in [5.41, 5.74) is 2.88. The van der Waals surface area contributed by atoms with Gasteiger partial charge in [-0.2, -0.15) is 0 Å². The number of aromatic nitrogens is 1. The smallest absolute Gasteiger partial charge is 0.253 e. The van der Waals surface area contributed by atoms with Crippen LogP contribution in [-0.2, 0) is 28.2 Å². The van der Waals surface area contributed by atoms with Crippen molar-refractivity contribution in [1.82, 2.24) is 4.57 Å². The molecule has 6 nitrogen and oxygen atoms in total. The van der Waals surface area contributed by atoms with Gasteiger partial charge in [-0.25, -0.2) is 8.42 Å². The molecule has 0 aliphatic heterocycles. The summed E-state index contributed by atoms with van der Waals surface area (Å²) < 4.78 is 37.4. The zero-order valence-electron chi connectivity index (χ0n) is 16.6. The standard InChI is InChI=1S/C22H23NO5S/c1-16-11-19(13-23(2)22(16)24)18-5-4-6-21(12-18)29(25,26)15-28-14-17-7-9-20(27-3)10-8-17/h4-13H,14-15H2,1-3H3. The fraction of sp³-hybridized carbons (Fsp3) is 0.227. The maximum Gasteiger partial charge on any atom is 0.253 e. The number of hydrogen-bond donors (Lipinski definition) is 0. The van der Waals surface area contributed by atoms with Crippen LogP contribution < -0.4 is 10.3 Å². The molecule has 7 heteroatoms. The summed E-state index contributed by atoms with van der Waals surface area (Å²) in [5, 5.41) is 0. The molecule has 2 aromatic carbocycles. The summed E-state index contributed by atoms with van der Waals surface area (Å²) in [6.45, 7) is 1.92. The van der Waals surface area contributed by atoms with Gasteiger partial charge < -0.3 is 14.0 Å². The van der Waals surface area contributed by atoms with E-state index >= 15 is 0 Å². The quantitative estimate of drug-likeness (QED) is 0.594. The lowest BCUT2D eigenvalue weighted by molar-refractivity contribution is 0.163. The summed E-state index contributed by atoms with van der Waals surface area (Å²) in [6, 6.07) is 15.7. The van der Waals surface area contributed by atoms with Crippen LogP contribution in [0.25, 0.3) is 11.1 Å². The molecular formula is C22H23NO5S. The molecule has 0 unspecified atom stereocenters. The molecule has 0 fully saturated rings. The van der Waals surface area contributed by atoms with Crippen molar-refractivity contribution in [1.29, 1.82) is 0 Å². The Morgan fingerprint density at radius 2 is 1.72 bits per heavy atom. The van der Waals surface area contributed by atoms with E-state index in [0.29, 0.717) is 5.56 Å². The zero-order valence-corrected chi connectivity index (χ0v) is 17.4. The van der Waals surface area contributed by atoms with E-state index in [9.17, 15) is 13.2 Å². The van der Waals surface area contributed by atoms with Gasteiger partial charge >= 0.3 is 0 Å². The molecule has 152 valence electrons. The molecule has 0 atom stereocenters. The minimum Gasteiger partial charge on any atom is -0.497 e. The summed E-state index contributed by atoms with van der Waals surface area (Å²) in [7, 11) is -0.359. The average Bonchev–Trinajstić information content (AvgIpc) is 2.72. The first kappa shape index (κ1) is 20.8. The van der Waals surface area contributed by atoms with Gasteiger partial charge in [0, 0.05) is 18.8 Å². The first-order chi connectivity index (χ1) is 13.8. The third-order valence-corrected chi connectivity index (χ3v) is 6.00. The van der Waals surface area contributed by atoms with Gasteiger partial charge in [0.15, 0.2) is 5.94 Å². The molecule has 0 radical (unpaired) electrons. The number of nitrogens with zero attached hydrogens (tertiary/aromatic N) is 1. The normalized spacial score (nSPS) is 11.4. The maximum atomic E-state index is 12.7. The first-order valence-electron chi connectivity index (χ1n) is 9.01. The van der Waals surface area contributed by atoms with Crippen LogP contribution >= 0.6 is 0 Å². The second-order valence-corrected chi connectivity index (χ2v) is 8.72. The molecular weight excluding hydrogens is 390 g/mol. The highest BCUT2D eigenvalue weighted by molar-refractivity contribution is 7.91. The fourth-order valence-electron chi connectivity index (χ4n) is 2.96. The second-order valence-electron chi connectivity index (χ2n) is 6.78. The van der Waals surface area contributed by atoms with Gasteiger partial charge in [-0.15, -0.1) is 0 Å². The van der Waals surface area contributed by atoms with Gasteiger partial charge in [0.2, 0.25) is 9.84 Å². The van der Waals surface area contributed by atoms with Crippen LogP contribution in [0, 0.1) is 6.92 Å². The number of ether oxygens (including phenoxy) is 2. The van der Waals surface area contributed by atoms with Gasteiger partial charge in [-0.1, -0.05) is 24.3 Å². The summed E-state index contributed by atoms with van der Waals surface area (Å²) in [6.07, 6.45) is 1.70. The Morgan fingerprint density at radius 3 is 2.38 bits per heavy atom. The van der Waals surface area contributed by atoms with Crippen molar-refractivity contribution in [3.05, 3.63) is 82.3 Å². The third kappa shape index (κ3) is 4.93. The number of sulfone groups is 1. The van der Waals surface area contributed by atoms with E-state index in [1.54, 1.807) is 63.7 Å². The van der Waals surface area contributed by atoms with Crippen molar-refractivity contribution >= 4 is 9.84 Å². The van der Waals surface area contributed by atoms with Gasteiger partial charge in [-0.05, 0) is 53.9 Å². The van der Waals surface area contributed by atoms with Crippen LogP contribution in [0.15, 0.2) is 70.5 Å². The van der Waals surface area contributed by atoms with Crippen molar-refractivity contribution in [2.24, 2.45) is 7.05 Å². The Hall–Kier alpha value is -2.90. The zero-order chi connectivity index (χ0) is 21.0. The van der Waals surface area contributed by atoms with E-state index in [4.69, 9.17) is 9.47 Å². The number of rotatable bonds is 7. The van der Waals surface area contributed by atoms with E-state index in [1.165, 1.54) is 4.57 Å². The molecule has 1 heterocycles. The van der Waals surface area contributed by atoms with Gasteiger partial charge in [0.1, 0.15) is 5.75 Å². The molecule has 0 amide bonds. The molecule has 0 N–H and O–H groups in total. The highest BCUT2D eigenvalue weighted by atomic mass is 32.2. The van der Waals surface area contributed by atoms with Gasteiger partial charge in [0.05, 0.1) is 18.6 Å². The second kappa shape index (κ2) is 8.63. The third-order valence-electron chi connectivity index (χ3n) is 4.56. The first-order valence-corrected chi connectivity index (χ1v) is 10.7. The number of benzene rings is 2. The molecule has 0 bridgehead atoms. The minimum absolute atomic E-state index is 0.0792. The number of hydrogen-bond acceptors (Lipinski definition) is 5. The fourth-order valence-corrected chi connectivity index (χ4v) is 3.99. The van der Waals surface area contributed by atoms with E-state index in [-0.39, 0.29) is 17.1 Å². The van der Waals surface area contributed by atoms with Gasteiger partial charge in [0.25, 0.3) is 5.56 Å². The van der Waals surface area contributed by atoms with Crippen molar-refractivity contribution in [3.8, 4) is 16.9 Å². The van der Waals surface area contributed by atoms with Crippen LogP contribution in [0.1, 0.15) is 11.1 Å². The van der Waals surface area contributed by atoms with Crippen LogP contribution in [-0.4, -0.2) is 26.0 Å². The topological polar surface area (TPSA) is 74.6 Å². The number of pyridine rings is 1. The highest BCUT2D eigenvalue weighted by Gasteiger charge is 2.16. The van der Waals surface area contributed by atoms with Crippen LogP contribution in [0.2, 0.25) is 0 Å². The van der Waals surface area contributed by atoms with Crippen LogP contribution in [0.4, 0.5) is 0 Å². The lowest BCUT2D eigenvalue weighted by Gasteiger charge is -2.10. The lowest BCUT2D eigenvalue weighted by atomic mass is 10.1. The Kier molecular flexibility index (Phi) is 6.20. The van der Waals surface area contributed by atoms with Crippen molar-refractivity contribution < 1.29 is 17.9 Å². The predicted octanol–water partition coefficient (Wildman–Crippen LogP) is 3.32. The molecule has 0 aliphatic rings. The lowest BCUT2D eigenvalue weighted by Crippen LogP contribution is -2.18. The Bertz CT molecular complexity index is 1140. The Labute approximate surface area is 170 Å². The average molecular weight is 413 g/mol. The van der Waals surface area contributed by atoms with E-state index < -0.39 is 15.8 Å². The Morgan fingerprint density at radius 1 is 1.00 bits per heavy atom. The molecule has 3 rings (SSSR count). The van der Waals surface area contributed by atoms with Crippen molar-refractivity contribution in [2.45, 2.75) is 18.4 Å². The summed E-state index contributed by atoms with van der Waals surface area (Å²) in [5.74, 6) is 0.307. The molecule has 0 aliphatic carbocycles. The SMILES string of the molecule is COc1ccc(COCS(=O)(=O)c2cccc(-c3cc(C)c(=O)n(C)c3)c2)cc1. The van der Waals surface area contributed by atoms with Gasteiger partial charge in [-0.3, -0.25) is 4.79 Å². The maximum absolute atomic E-state index is 12.7. The largest absolute Gasteiger partial charge is 0.497 e. The molecule has 3 aromatic rings. The molecule has 1 aromatic heterocycles. The Balaban J connectivity index is 1.75. The molecule has 29 heavy (non-hydrogen) atoms. The number of aryl methyl sites for hydroxylation is 2. The van der Waals surface area contributed by atoms with E-state index in [0.717, 1.165) is 22.4 Å². The minimum atomic E-state index is -3.62. The monoisotopic (exact) mass is 413 g/mol. The molecule has 0 spiro atoms. The highest BCUT2D eigenvalue weighted by Crippen LogP contribution is 2.23. The van der Waals surface area contributed by atoms with E-state index in [1.807, 2.05) is 18.2 Å².